The number of hydrogen-bond acceptors (Lipinski definition) is 21. The van der Waals surface area contributed by atoms with Crippen molar-refractivity contribution in [3.8, 4) is 34.3 Å². The van der Waals surface area contributed by atoms with Gasteiger partial charge in [-0.1, -0.05) is 0 Å². The molecule has 302 valence electrons. The van der Waals surface area contributed by atoms with Gasteiger partial charge >= 0.3 is 5.97 Å². The fourth-order valence-electron chi connectivity index (χ4n) is 6.18. The number of hydrogen-bond donors (Lipinski definition) is 13. The van der Waals surface area contributed by atoms with E-state index in [-0.39, 0.29) is 17.1 Å². The number of aliphatic hydroxyl groups excluding tert-OH is 10. The molecule has 3 aliphatic heterocycles. The highest BCUT2D eigenvalue weighted by molar-refractivity contribution is 5.88. The topological polar surface area (TPSA) is 366 Å². The lowest BCUT2D eigenvalue weighted by Gasteiger charge is -2.42. The van der Waals surface area contributed by atoms with Gasteiger partial charge in [-0.25, -0.2) is 4.79 Å². The Hall–Kier alpha value is -4.24. The van der Waals surface area contributed by atoms with Crippen LogP contribution in [0.15, 0.2) is 45.6 Å². The molecule has 0 aliphatic carbocycles. The highest BCUT2D eigenvalue weighted by Gasteiger charge is 2.50. The number of fused-ring (bicyclic) bond motifs is 1. The summed E-state index contributed by atoms with van der Waals surface area (Å²) in [6, 6.07) is 6.84. The standard InChI is InChI=1S/C33H38O22/c34-7-14-17(37)20(40)24(44)31(52-14)49-8-15-18(38)21(41)25(45)33(53-15)54-28-19(39)16-12(36)5-11(6-13(16)51-27(28)9-1-3-10(35)4-2-9)50-32-26(46)22(42)23(43)29(55-32)30(47)48/h1-6,14-15,17-18,20-26,29,31-38,40-46H,7-8H2,(H,47,48)/t14-,15-,17-,18-,20+,21+,22+,23+,24-,25-,26-,29+,31-,32-,33+/m1/s1. The molecule has 3 fully saturated rings. The summed E-state index contributed by atoms with van der Waals surface area (Å²) < 4.78 is 38.6. The van der Waals surface area contributed by atoms with Crippen molar-refractivity contribution < 1.29 is 104 Å². The number of aliphatic carboxylic acids is 1. The monoisotopic (exact) mass is 786 g/mol. The van der Waals surface area contributed by atoms with Crippen LogP contribution in [0.2, 0.25) is 0 Å². The van der Waals surface area contributed by atoms with Crippen LogP contribution in [0.25, 0.3) is 22.3 Å². The summed E-state index contributed by atoms with van der Waals surface area (Å²) in [7, 11) is 0. The van der Waals surface area contributed by atoms with Crippen LogP contribution in [-0.4, -0.2) is 178 Å². The molecule has 0 spiro atoms. The first-order valence-corrected chi connectivity index (χ1v) is 16.5. The predicted molar refractivity (Wildman–Crippen MR) is 173 cm³/mol. The zero-order chi connectivity index (χ0) is 40.0. The van der Waals surface area contributed by atoms with E-state index in [1.165, 1.54) is 24.3 Å². The molecule has 0 radical (unpaired) electrons. The summed E-state index contributed by atoms with van der Waals surface area (Å²) >= 11 is 0. The zero-order valence-corrected chi connectivity index (χ0v) is 28.0. The largest absolute Gasteiger partial charge is 0.508 e. The Morgan fingerprint density at radius 2 is 1.24 bits per heavy atom. The second kappa shape index (κ2) is 16.1. The lowest BCUT2D eigenvalue weighted by molar-refractivity contribution is -0.323. The normalized spacial score (nSPS) is 36.7. The minimum absolute atomic E-state index is 0.0541. The highest BCUT2D eigenvalue weighted by Crippen LogP contribution is 2.39. The molecule has 6 rings (SSSR count). The first kappa shape index (κ1) is 40.4. The number of benzene rings is 2. The maximum Gasteiger partial charge on any atom is 0.335 e. The fourth-order valence-corrected chi connectivity index (χ4v) is 6.18. The molecule has 22 heteroatoms. The van der Waals surface area contributed by atoms with Gasteiger partial charge in [0.2, 0.25) is 23.8 Å². The van der Waals surface area contributed by atoms with Crippen LogP contribution in [0.4, 0.5) is 0 Å². The van der Waals surface area contributed by atoms with Crippen molar-refractivity contribution in [1.82, 2.24) is 0 Å². The van der Waals surface area contributed by atoms with Crippen LogP contribution >= 0.6 is 0 Å². The second-order valence-electron chi connectivity index (χ2n) is 13.0. The number of aromatic hydroxyl groups is 2. The summed E-state index contributed by atoms with van der Waals surface area (Å²) in [6.07, 6.45) is -27.9. The molecule has 1 aromatic heterocycles. The Kier molecular flexibility index (Phi) is 11.8. The number of aliphatic hydroxyl groups is 10. The van der Waals surface area contributed by atoms with Crippen LogP contribution in [-0.2, 0) is 23.7 Å². The SMILES string of the molecule is O=C(O)[C@H]1O[C@@H](Oc2cc(O)c3c(=O)c(O[C@@H]4O[C@H](CO[C@@H]5O[C@H](CO)[C@@H](O)[C@H](O)[C@H]5O)[C@@H](O)[C@H](O)[C@H]4O)c(-c4ccc(O)cc4)oc3c2)[C@H](O)[C@@H](O)[C@@H]1O. The number of carboxylic acid groups (broad SMARTS) is 1. The minimum Gasteiger partial charge on any atom is -0.508 e. The molecule has 0 amide bonds. The molecular formula is C33H38O22. The van der Waals surface area contributed by atoms with Gasteiger partial charge in [-0.3, -0.25) is 4.79 Å². The van der Waals surface area contributed by atoms with Crippen molar-refractivity contribution in [3.05, 3.63) is 46.6 Å². The number of carboxylic acids is 1. The minimum atomic E-state index is -2.06. The molecule has 3 saturated heterocycles. The maximum absolute atomic E-state index is 14.0. The van der Waals surface area contributed by atoms with Crippen molar-refractivity contribution in [2.45, 2.75) is 92.1 Å². The van der Waals surface area contributed by atoms with E-state index in [2.05, 4.69) is 0 Å². The molecule has 3 aromatic rings. The van der Waals surface area contributed by atoms with Crippen molar-refractivity contribution >= 4 is 16.9 Å². The number of ether oxygens (including phenoxy) is 6. The molecule has 55 heavy (non-hydrogen) atoms. The molecular weight excluding hydrogens is 748 g/mol. The Morgan fingerprint density at radius 3 is 1.85 bits per heavy atom. The van der Waals surface area contributed by atoms with Gasteiger partial charge in [-0.15, -0.1) is 0 Å². The third-order valence-electron chi connectivity index (χ3n) is 9.28. The van der Waals surface area contributed by atoms with Gasteiger partial charge in [-0.2, -0.15) is 0 Å². The van der Waals surface area contributed by atoms with E-state index in [0.717, 1.165) is 12.1 Å². The lowest BCUT2D eigenvalue weighted by atomic mass is 9.98. The van der Waals surface area contributed by atoms with Crippen LogP contribution in [0, 0.1) is 0 Å². The van der Waals surface area contributed by atoms with Gasteiger partial charge in [0.15, 0.2) is 18.2 Å². The van der Waals surface area contributed by atoms with Crippen LogP contribution < -0.4 is 14.9 Å². The third kappa shape index (κ3) is 7.78. The van der Waals surface area contributed by atoms with E-state index in [9.17, 15) is 76.0 Å². The van der Waals surface area contributed by atoms with E-state index >= 15 is 0 Å². The van der Waals surface area contributed by atoms with Crippen molar-refractivity contribution in [2.24, 2.45) is 0 Å². The number of phenols is 2. The number of carbonyl (C=O) groups is 1. The Balaban J connectivity index is 1.31. The molecule has 0 unspecified atom stereocenters. The Bertz CT molecular complexity index is 1880. The van der Waals surface area contributed by atoms with Crippen LogP contribution in [0.1, 0.15) is 0 Å². The van der Waals surface area contributed by atoms with Gasteiger partial charge in [0.1, 0.15) is 95.4 Å². The first-order chi connectivity index (χ1) is 26.0. The van der Waals surface area contributed by atoms with E-state index in [4.69, 9.17) is 32.8 Å². The van der Waals surface area contributed by atoms with Gasteiger partial charge in [-0.05, 0) is 24.3 Å². The number of rotatable bonds is 10. The molecule has 2 aromatic carbocycles. The molecule has 15 atom stereocenters. The second-order valence-corrected chi connectivity index (χ2v) is 13.0. The van der Waals surface area contributed by atoms with Crippen LogP contribution in [0.3, 0.4) is 0 Å². The lowest BCUT2D eigenvalue weighted by Crippen LogP contribution is -2.62. The third-order valence-corrected chi connectivity index (χ3v) is 9.28. The Labute approximate surface area is 307 Å². The van der Waals surface area contributed by atoms with E-state index in [1.807, 2.05) is 0 Å². The molecule has 13 N–H and O–H groups in total. The van der Waals surface area contributed by atoms with E-state index < -0.39 is 145 Å². The number of phenolic OH excluding ortho intramolecular Hbond substituents is 2. The van der Waals surface area contributed by atoms with Gasteiger partial charge in [0, 0.05) is 17.7 Å². The van der Waals surface area contributed by atoms with Gasteiger partial charge < -0.3 is 99.2 Å². The van der Waals surface area contributed by atoms with Crippen molar-refractivity contribution in [2.75, 3.05) is 13.2 Å². The summed E-state index contributed by atoms with van der Waals surface area (Å²) in [5, 5.41) is 132. The van der Waals surface area contributed by atoms with E-state index in [0.29, 0.717) is 0 Å². The Morgan fingerprint density at radius 1 is 0.673 bits per heavy atom. The zero-order valence-electron chi connectivity index (χ0n) is 28.0. The maximum atomic E-state index is 14.0. The molecule has 22 nitrogen and oxygen atoms in total. The first-order valence-electron chi connectivity index (χ1n) is 16.5. The predicted octanol–water partition coefficient (Wildman–Crippen LogP) is -4.85. The summed E-state index contributed by atoms with van der Waals surface area (Å²) in [5.41, 5.74) is -1.47. The quantitative estimate of drug-likeness (QED) is 0.0916. The average molecular weight is 787 g/mol. The van der Waals surface area contributed by atoms with E-state index in [1.54, 1.807) is 0 Å². The van der Waals surface area contributed by atoms with Gasteiger partial charge in [0.05, 0.1) is 13.2 Å². The average Bonchev–Trinajstić information content (AvgIpc) is 3.15. The molecule has 4 heterocycles. The molecule has 0 bridgehead atoms. The summed E-state index contributed by atoms with van der Waals surface area (Å²) in [4.78, 5) is 25.6. The summed E-state index contributed by atoms with van der Waals surface area (Å²) in [5.74, 6) is -4.27. The highest BCUT2D eigenvalue weighted by atomic mass is 16.7. The fraction of sp³-hybridized carbons (Fsp3) is 0.515. The van der Waals surface area contributed by atoms with Crippen molar-refractivity contribution in [1.29, 1.82) is 0 Å². The smallest absolute Gasteiger partial charge is 0.335 e. The molecule has 0 saturated carbocycles. The van der Waals surface area contributed by atoms with Gasteiger partial charge in [0.25, 0.3) is 0 Å². The van der Waals surface area contributed by atoms with Crippen molar-refractivity contribution in [3.63, 3.8) is 0 Å². The molecule has 3 aliphatic rings. The van der Waals surface area contributed by atoms with Crippen LogP contribution in [0.5, 0.6) is 23.0 Å². The summed E-state index contributed by atoms with van der Waals surface area (Å²) in [6.45, 7) is -1.49.